The minimum atomic E-state index is -0.411. The van der Waals surface area contributed by atoms with Gasteiger partial charge in [0.15, 0.2) is 18.1 Å². The zero-order valence-electron chi connectivity index (χ0n) is 19.9. The SMILES string of the molecule is CCOc1cc(C=Nc2ccc(N3CCOCC3)cc2)cc(Cl)c1OCC(=O)Nc1ccc(F)cc1. The highest BCUT2D eigenvalue weighted by molar-refractivity contribution is 6.32. The van der Waals surface area contributed by atoms with Crippen molar-refractivity contribution in [2.24, 2.45) is 4.99 Å². The van der Waals surface area contributed by atoms with Gasteiger partial charge in [0.25, 0.3) is 5.91 Å². The molecule has 36 heavy (non-hydrogen) atoms. The van der Waals surface area contributed by atoms with Crippen LogP contribution >= 0.6 is 11.6 Å². The van der Waals surface area contributed by atoms with Gasteiger partial charge in [-0.15, -0.1) is 0 Å². The smallest absolute Gasteiger partial charge is 0.262 e. The highest BCUT2D eigenvalue weighted by atomic mass is 35.5. The predicted octanol–water partition coefficient (Wildman–Crippen LogP) is 5.48. The van der Waals surface area contributed by atoms with E-state index in [4.69, 9.17) is 25.8 Å². The van der Waals surface area contributed by atoms with Gasteiger partial charge in [0, 0.05) is 30.7 Å². The minimum Gasteiger partial charge on any atom is -0.490 e. The predicted molar refractivity (Wildman–Crippen MR) is 140 cm³/mol. The van der Waals surface area contributed by atoms with Crippen LogP contribution < -0.4 is 19.7 Å². The number of halogens is 2. The summed E-state index contributed by atoms with van der Waals surface area (Å²) in [6, 6.07) is 16.9. The molecule has 1 aliphatic heterocycles. The van der Waals surface area contributed by atoms with Gasteiger partial charge in [-0.3, -0.25) is 9.79 Å². The Morgan fingerprint density at radius 1 is 1.11 bits per heavy atom. The van der Waals surface area contributed by atoms with Crippen molar-refractivity contribution < 1.29 is 23.4 Å². The van der Waals surface area contributed by atoms with Crippen molar-refractivity contribution in [2.45, 2.75) is 6.92 Å². The summed E-state index contributed by atoms with van der Waals surface area (Å²) >= 11 is 6.46. The number of anilines is 2. The lowest BCUT2D eigenvalue weighted by molar-refractivity contribution is -0.118. The molecule has 1 amide bonds. The van der Waals surface area contributed by atoms with E-state index in [-0.39, 0.29) is 18.2 Å². The summed E-state index contributed by atoms with van der Waals surface area (Å²) in [5.74, 6) is -0.124. The fourth-order valence-corrected chi connectivity index (χ4v) is 3.93. The molecule has 0 unspecified atom stereocenters. The van der Waals surface area contributed by atoms with E-state index in [0.29, 0.717) is 23.1 Å². The third-order valence-corrected chi connectivity index (χ3v) is 5.68. The van der Waals surface area contributed by atoms with E-state index in [1.165, 1.54) is 24.3 Å². The highest BCUT2D eigenvalue weighted by Gasteiger charge is 2.15. The molecule has 0 spiro atoms. The summed E-state index contributed by atoms with van der Waals surface area (Å²) in [7, 11) is 0. The maximum absolute atomic E-state index is 13.0. The van der Waals surface area contributed by atoms with Gasteiger partial charge in [-0.25, -0.2) is 4.39 Å². The van der Waals surface area contributed by atoms with Crippen molar-refractivity contribution in [2.75, 3.05) is 49.7 Å². The van der Waals surface area contributed by atoms with E-state index < -0.39 is 5.91 Å². The number of carbonyl (C=O) groups excluding carboxylic acids is 1. The normalized spacial score (nSPS) is 13.6. The molecule has 0 radical (unpaired) electrons. The van der Waals surface area contributed by atoms with Crippen LogP contribution in [0.1, 0.15) is 12.5 Å². The van der Waals surface area contributed by atoms with Gasteiger partial charge in [0.1, 0.15) is 5.82 Å². The Morgan fingerprint density at radius 3 is 2.53 bits per heavy atom. The average Bonchev–Trinajstić information content (AvgIpc) is 2.89. The molecule has 0 saturated carbocycles. The quantitative estimate of drug-likeness (QED) is 0.385. The number of rotatable bonds is 9. The summed E-state index contributed by atoms with van der Waals surface area (Å²) in [6.45, 7) is 5.17. The second kappa shape index (κ2) is 12.4. The molecule has 7 nitrogen and oxygen atoms in total. The Balaban J connectivity index is 1.41. The molecular weight excluding hydrogens is 485 g/mol. The van der Waals surface area contributed by atoms with Crippen LogP contribution in [0.15, 0.2) is 65.7 Å². The summed E-state index contributed by atoms with van der Waals surface area (Å²) in [5.41, 5.74) is 3.14. The molecule has 1 fully saturated rings. The molecular formula is C27H27ClFN3O4. The number of morpholine rings is 1. The lowest BCUT2D eigenvalue weighted by Crippen LogP contribution is -2.36. The lowest BCUT2D eigenvalue weighted by Gasteiger charge is -2.28. The van der Waals surface area contributed by atoms with Gasteiger partial charge in [-0.1, -0.05) is 11.6 Å². The Bertz CT molecular complexity index is 1200. The molecule has 0 atom stereocenters. The molecule has 3 aromatic carbocycles. The third-order valence-electron chi connectivity index (χ3n) is 5.40. The monoisotopic (exact) mass is 511 g/mol. The van der Waals surface area contributed by atoms with Crippen molar-refractivity contribution in [3.8, 4) is 11.5 Å². The molecule has 0 bridgehead atoms. The van der Waals surface area contributed by atoms with E-state index in [2.05, 4.69) is 15.2 Å². The molecule has 0 aliphatic carbocycles. The van der Waals surface area contributed by atoms with Gasteiger partial charge in [0.2, 0.25) is 0 Å². The maximum Gasteiger partial charge on any atom is 0.262 e. The number of nitrogens with zero attached hydrogens (tertiary/aromatic N) is 2. The number of amides is 1. The number of ether oxygens (including phenoxy) is 3. The van der Waals surface area contributed by atoms with Gasteiger partial charge >= 0.3 is 0 Å². The van der Waals surface area contributed by atoms with Crippen molar-refractivity contribution in [1.82, 2.24) is 0 Å². The van der Waals surface area contributed by atoms with Crippen LogP contribution in [0.5, 0.6) is 11.5 Å². The van der Waals surface area contributed by atoms with Crippen molar-refractivity contribution in [1.29, 1.82) is 0 Å². The Labute approximate surface area is 214 Å². The van der Waals surface area contributed by atoms with Crippen molar-refractivity contribution >= 4 is 40.8 Å². The first kappa shape index (κ1) is 25.5. The fraction of sp³-hybridized carbons (Fsp3) is 0.259. The number of aliphatic imine (C=N–C) groups is 1. The molecule has 1 aliphatic rings. The van der Waals surface area contributed by atoms with Gasteiger partial charge in [-0.05, 0) is 73.2 Å². The second-order valence-electron chi connectivity index (χ2n) is 7.98. The molecule has 1 N–H and O–H groups in total. The molecule has 4 rings (SSSR count). The number of nitrogens with one attached hydrogen (secondary N) is 1. The summed E-state index contributed by atoms with van der Waals surface area (Å²) < 4.78 is 29.8. The van der Waals surface area contributed by atoms with Crippen LogP contribution in [0, 0.1) is 5.82 Å². The summed E-state index contributed by atoms with van der Waals surface area (Å²) in [6.07, 6.45) is 1.70. The largest absolute Gasteiger partial charge is 0.490 e. The van der Waals surface area contributed by atoms with Crippen LogP contribution in [-0.2, 0) is 9.53 Å². The van der Waals surface area contributed by atoms with E-state index in [0.717, 1.165) is 43.2 Å². The van der Waals surface area contributed by atoms with E-state index >= 15 is 0 Å². The van der Waals surface area contributed by atoms with Crippen LogP contribution in [-0.4, -0.2) is 51.6 Å². The fourth-order valence-electron chi connectivity index (χ4n) is 3.65. The van der Waals surface area contributed by atoms with Gasteiger partial charge in [0.05, 0.1) is 30.5 Å². The maximum atomic E-state index is 13.0. The van der Waals surface area contributed by atoms with Crippen LogP contribution in [0.2, 0.25) is 5.02 Å². The Morgan fingerprint density at radius 2 is 1.83 bits per heavy atom. The van der Waals surface area contributed by atoms with E-state index in [1.54, 1.807) is 18.3 Å². The van der Waals surface area contributed by atoms with E-state index in [9.17, 15) is 9.18 Å². The van der Waals surface area contributed by atoms with Crippen LogP contribution in [0.25, 0.3) is 0 Å². The second-order valence-corrected chi connectivity index (χ2v) is 8.39. The summed E-state index contributed by atoms with van der Waals surface area (Å²) in [4.78, 5) is 19.1. The lowest BCUT2D eigenvalue weighted by atomic mass is 10.2. The average molecular weight is 512 g/mol. The van der Waals surface area contributed by atoms with Gasteiger partial charge < -0.3 is 24.4 Å². The molecule has 0 aromatic heterocycles. The molecule has 9 heteroatoms. The standard InChI is InChI=1S/C27H27ClFN3O4/c1-2-35-25-16-19(17-30-21-7-9-23(10-8-21)32-11-13-34-14-12-32)15-24(28)27(25)36-18-26(33)31-22-5-3-20(29)4-6-22/h3-10,15-17H,2,11-14,18H2,1H3,(H,31,33). The first-order chi connectivity index (χ1) is 17.5. The third kappa shape index (κ3) is 6.96. The number of hydrogen-bond donors (Lipinski definition) is 1. The van der Waals surface area contributed by atoms with Gasteiger partial charge in [-0.2, -0.15) is 0 Å². The Kier molecular flexibility index (Phi) is 8.76. The van der Waals surface area contributed by atoms with Crippen LogP contribution in [0.4, 0.5) is 21.5 Å². The highest BCUT2D eigenvalue weighted by Crippen LogP contribution is 2.36. The van der Waals surface area contributed by atoms with Crippen molar-refractivity contribution in [3.63, 3.8) is 0 Å². The zero-order valence-corrected chi connectivity index (χ0v) is 20.6. The number of benzene rings is 3. The molecule has 188 valence electrons. The van der Waals surface area contributed by atoms with E-state index in [1.807, 2.05) is 31.2 Å². The summed E-state index contributed by atoms with van der Waals surface area (Å²) in [5, 5.41) is 2.93. The first-order valence-corrected chi connectivity index (χ1v) is 12.0. The molecule has 3 aromatic rings. The first-order valence-electron chi connectivity index (χ1n) is 11.6. The Hall–Kier alpha value is -3.62. The molecule has 1 saturated heterocycles. The molecule has 1 heterocycles. The topological polar surface area (TPSA) is 72.4 Å². The minimum absolute atomic E-state index is 0.264. The number of hydrogen-bond acceptors (Lipinski definition) is 6. The van der Waals surface area contributed by atoms with Crippen molar-refractivity contribution in [3.05, 3.63) is 77.1 Å². The zero-order chi connectivity index (χ0) is 25.3. The number of carbonyl (C=O) groups is 1. The van der Waals surface area contributed by atoms with Crippen LogP contribution in [0.3, 0.4) is 0 Å².